The molecule has 5 N–H and O–H groups in total. The van der Waals surface area contributed by atoms with Gasteiger partial charge in [-0.1, -0.05) is 51.9 Å². The van der Waals surface area contributed by atoms with Crippen molar-refractivity contribution in [1.29, 1.82) is 0 Å². The van der Waals surface area contributed by atoms with E-state index in [1.54, 1.807) is 0 Å². The van der Waals surface area contributed by atoms with E-state index in [2.05, 4.69) is 6.92 Å². The second kappa shape index (κ2) is 13.0. The van der Waals surface area contributed by atoms with Gasteiger partial charge in [0.1, 0.15) is 18.3 Å². The Bertz CT molecular complexity index is 399. The first-order chi connectivity index (χ1) is 11.2. The van der Waals surface area contributed by atoms with Gasteiger partial charge in [-0.3, -0.25) is 0 Å². The second-order valence-electron chi connectivity index (χ2n) is 6.39. The molecule has 0 amide bonds. The van der Waals surface area contributed by atoms with Crippen molar-refractivity contribution < 1.29 is 34.0 Å². The van der Waals surface area contributed by atoms with Crippen molar-refractivity contribution in [3.8, 4) is 0 Å². The number of hydrogen-bond acceptors (Lipinski definition) is 7. The molecule has 0 spiro atoms. The van der Waals surface area contributed by atoms with E-state index in [4.69, 9.17) is 5.11 Å². The smallest absolute Gasteiger partial charge is 0.152 e. The minimum absolute atomic E-state index is 0.0790. The highest BCUT2D eigenvalue weighted by Gasteiger charge is 2.32. The minimum Gasteiger partial charge on any atom is -0.394 e. The molecule has 0 aromatic rings. The number of hydrogen-bond donors (Lipinski definition) is 5. The summed E-state index contributed by atoms with van der Waals surface area (Å²) in [5.74, 6) is -0.760. The van der Waals surface area contributed by atoms with E-state index in [0.29, 0.717) is 6.42 Å². The fourth-order valence-electron chi connectivity index (χ4n) is 2.46. The van der Waals surface area contributed by atoms with Crippen LogP contribution in [0.1, 0.15) is 58.3 Å². The lowest BCUT2D eigenvalue weighted by molar-refractivity contribution is -0.110. The predicted octanol–water partition coefficient (Wildman–Crippen LogP) is -0.0222. The van der Waals surface area contributed by atoms with Crippen LogP contribution in [0.5, 0.6) is 0 Å². The van der Waals surface area contributed by atoms with Gasteiger partial charge >= 0.3 is 0 Å². The predicted molar refractivity (Wildman–Crippen MR) is 92.4 cm³/mol. The quantitative estimate of drug-likeness (QED) is 0.256. The number of rotatable bonds is 15. The van der Waals surface area contributed by atoms with E-state index < -0.39 is 46.6 Å². The van der Waals surface area contributed by atoms with Gasteiger partial charge in [0.15, 0.2) is 9.84 Å². The van der Waals surface area contributed by atoms with Crippen LogP contribution in [-0.4, -0.2) is 76.5 Å². The molecule has 0 aromatic carbocycles. The molecule has 4 unspecified atom stereocenters. The number of unbranched alkanes of at least 4 members (excludes halogenated alkanes) is 7. The Balaban J connectivity index is 4.03. The van der Waals surface area contributed by atoms with Crippen LogP contribution in [0.4, 0.5) is 0 Å². The summed E-state index contributed by atoms with van der Waals surface area (Å²) in [5, 5.41) is 46.7. The molecule has 24 heavy (non-hydrogen) atoms. The second-order valence-corrected chi connectivity index (χ2v) is 8.62. The Morgan fingerprint density at radius 3 is 1.71 bits per heavy atom. The van der Waals surface area contributed by atoms with Crippen LogP contribution in [0, 0.1) is 0 Å². The van der Waals surface area contributed by atoms with Crippen molar-refractivity contribution >= 4 is 9.84 Å². The van der Waals surface area contributed by atoms with E-state index >= 15 is 0 Å². The fourth-order valence-corrected chi connectivity index (χ4v) is 3.99. The molecule has 0 bridgehead atoms. The Kier molecular flexibility index (Phi) is 12.9. The van der Waals surface area contributed by atoms with Gasteiger partial charge in [0.25, 0.3) is 0 Å². The van der Waals surface area contributed by atoms with Gasteiger partial charge in [-0.15, -0.1) is 0 Å². The van der Waals surface area contributed by atoms with Gasteiger partial charge in [-0.2, -0.15) is 0 Å². The van der Waals surface area contributed by atoms with Crippen molar-refractivity contribution in [2.75, 3.05) is 18.1 Å². The molecule has 0 fully saturated rings. The molecule has 0 aromatic heterocycles. The van der Waals surface area contributed by atoms with E-state index in [1.807, 2.05) is 0 Å². The maximum absolute atomic E-state index is 11.9. The van der Waals surface area contributed by atoms with Gasteiger partial charge in [0, 0.05) is 0 Å². The van der Waals surface area contributed by atoms with Crippen molar-refractivity contribution in [1.82, 2.24) is 0 Å². The first-order valence-corrected chi connectivity index (χ1v) is 10.6. The first kappa shape index (κ1) is 23.8. The van der Waals surface area contributed by atoms with Crippen molar-refractivity contribution in [3.63, 3.8) is 0 Å². The topological polar surface area (TPSA) is 135 Å². The Hall–Kier alpha value is -0.250. The van der Waals surface area contributed by atoms with Crippen LogP contribution < -0.4 is 0 Å². The third-order valence-electron chi connectivity index (χ3n) is 4.06. The van der Waals surface area contributed by atoms with Gasteiger partial charge < -0.3 is 25.5 Å². The standard InChI is InChI=1S/C16H34O7S/c1-2-3-4-5-6-7-8-9-10-24(22,23)12-14(19)16(21)15(20)13(18)11-17/h13-21H,2-12H2,1H3. The Morgan fingerprint density at radius 2 is 1.21 bits per heavy atom. The molecule has 0 aliphatic carbocycles. The van der Waals surface area contributed by atoms with Crippen LogP contribution in [0.25, 0.3) is 0 Å². The van der Waals surface area contributed by atoms with Gasteiger partial charge in [-0.25, -0.2) is 8.42 Å². The largest absolute Gasteiger partial charge is 0.394 e. The fraction of sp³-hybridized carbons (Fsp3) is 1.00. The molecular formula is C16H34O7S. The molecule has 146 valence electrons. The summed E-state index contributed by atoms with van der Waals surface area (Å²) in [4.78, 5) is 0. The monoisotopic (exact) mass is 370 g/mol. The zero-order chi connectivity index (χ0) is 18.6. The van der Waals surface area contributed by atoms with Crippen LogP contribution in [0.2, 0.25) is 0 Å². The molecule has 7 nitrogen and oxygen atoms in total. The highest BCUT2D eigenvalue weighted by atomic mass is 32.2. The molecule has 8 heteroatoms. The van der Waals surface area contributed by atoms with Gasteiger partial charge in [-0.05, 0) is 6.42 Å². The number of aliphatic hydroxyl groups excluding tert-OH is 5. The SMILES string of the molecule is CCCCCCCCCCS(=O)(=O)CC(O)C(O)C(O)C(O)CO. The van der Waals surface area contributed by atoms with E-state index in [0.717, 1.165) is 25.7 Å². The summed E-state index contributed by atoms with van der Waals surface area (Å²) >= 11 is 0. The maximum atomic E-state index is 11.9. The molecule has 0 saturated heterocycles. The average molecular weight is 371 g/mol. The van der Waals surface area contributed by atoms with Crippen LogP contribution in [0.3, 0.4) is 0 Å². The Labute approximate surface area is 145 Å². The normalized spacial score (nSPS) is 17.4. The highest BCUT2D eigenvalue weighted by molar-refractivity contribution is 7.91. The summed E-state index contributed by atoms with van der Waals surface area (Å²) in [6.07, 6.45) is 1.18. The van der Waals surface area contributed by atoms with Crippen molar-refractivity contribution in [2.24, 2.45) is 0 Å². The van der Waals surface area contributed by atoms with E-state index in [1.165, 1.54) is 19.3 Å². The zero-order valence-corrected chi connectivity index (χ0v) is 15.4. The first-order valence-electron chi connectivity index (χ1n) is 8.78. The average Bonchev–Trinajstić information content (AvgIpc) is 2.54. The van der Waals surface area contributed by atoms with E-state index in [-0.39, 0.29) is 5.75 Å². The van der Waals surface area contributed by atoms with Crippen LogP contribution in [0.15, 0.2) is 0 Å². The molecule has 0 radical (unpaired) electrons. The molecular weight excluding hydrogens is 336 g/mol. The summed E-state index contributed by atoms with van der Waals surface area (Å²) < 4.78 is 23.8. The minimum atomic E-state index is -3.56. The van der Waals surface area contributed by atoms with Gasteiger partial charge in [0.05, 0.1) is 24.2 Å². The lowest BCUT2D eigenvalue weighted by Gasteiger charge is -2.25. The summed E-state index contributed by atoms with van der Waals surface area (Å²) in [6, 6.07) is 0. The zero-order valence-electron chi connectivity index (χ0n) is 14.5. The van der Waals surface area contributed by atoms with Crippen LogP contribution >= 0.6 is 0 Å². The summed E-state index contributed by atoms with van der Waals surface area (Å²) in [5.41, 5.74) is 0. The molecule has 0 aliphatic heterocycles. The van der Waals surface area contributed by atoms with Crippen molar-refractivity contribution in [3.05, 3.63) is 0 Å². The van der Waals surface area contributed by atoms with Crippen molar-refractivity contribution in [2.45, 2.75) is 82.7 Å². The van der Waals surface area contributed by atoms with Gasteiger partial charge in [0.2, 0.25) is 0 Å². The molecule has 0 heterocycles. The summed E-state index contributed by atoms with van der Waals surface area (Å²) in [7, 11) is -3.56. The third-order valence-corrected chi connectivity index (χ3v) is 5.82. The third kappa shape index (κ3) is 10.6. The molecule has 0 rings (SSSR count). The number of sulfone groups is 1. The van der Waals surface area contributed by atoms with Crippen LogP contribution in [-0.2, 0) is 9.84 Å². The highest BCUT2D eigenvalue weighted by Crippen LogP contribution is 2.11. The number of aliphatic hydroxyl groups is 5. The maximum Gasteiger partial charge on any atom is 0.152 e. The Morgan fingerprint density at radius 1 is 0.750 bits per heavy atom. The lowest BCUT2D eigenvalue weighted by atomic mass is 10.0. The molecule has 0 aliphatic rings. The summed E-state index contributed by atoms with van der Waals surface area (Å²) in [6.45, 7) is 1.36. The molecule has 4 atom stereocenters. The lowest BCUT2D eigenvalue weighted by Crippen LogP contribution is -2.48. The van der Waals surface area contributed by atoms with E-state index in [9.17, 15) is 28.8 Å². The molecule has 0 saturated carbocycles.